The average Bonchev–Trinajstić information content (AvgIpc) is 2.78. The summed E-state index contributed by atoms with van der Waals surface area (Å²) in [4.78, 5) is 0. The third kappa shape index (κ3) is 2.85. The second-order valence-electron chi connectivity index (χ2n) is 3.78. The quantitative estimate of drug-likeness (QED) is 0.643. The Morgan fingerprint density at radius 2 is 2.24 bits per heavy atom. The molecule has 4 heteroatoms. The Morgan fingerprint density at radius 3 is 2.82 bits per heavy atom. The van der Waals surface area contributed by atoms with E-state index >= 15 is 0 Å². The van der Waals surface area contributed by atoms with Gasteiger partial charge in [0, 0.05) is 5.56 Å². The van der Waals surface area contributed by atoms with Crippen molar-refractivity contribution in [3.63, 3.8) is 0 Å². The van der Waals surface area contributed by atoms with Crippen LogP contribution in [0.1, 0.15) is 16.7 Å². The van der Waals surface area contributed by atoms with Crippen molar-refractivity contribution in [1.82, 2.24) is 0 Å². The first-order valence-corrected chi connectivity index (χ1v) is 6.15. The van der Waals surface area contributed by atoms with Gasteiger partial charge in [-0.1, -0.05) is 18.2 Å². The van der Waals surface area contributed by atoms with E-state index in [-0.39, 0.29) is 5.84 Å². The van der Waals surface area contributed by atoms with Gasteiger partial charge in [-0.05, 0) is 35.6 Å². The van der Waals surface area contributed by atoms with E-state index < -0.39 is 0 Å². The highest BCUT2D eigenvalue weighted by Gasteiger charge is 2.03. The predicted molar refractivity (Wildman–Crippen MR) is 70.8 cm³/mol. The highest BCUT2D eigenvalue weighted by Crippen LogP contribution is 2.20. The topological polar surface area (TPSA) is 59.1 Å². The molecule has 17 heavy (non-hydrogen) atoms. The largest absolute Gasteiger partial charge is 0.479 e. The molecule has 0 aliphatic rings. The standard InChI is InChI=1S/C13H14N2OS/c1-9-7-10(4-5-11(9)13(14)15)8-16-12-3-2-6-17-12/h2-7H,8H2,1H3,(H3,14,15). The lowest BCUT2D eigenvalue weighted by Gasteiger charge is -2.08. The van der Waals surface area contributed by atoms with Crippen LogP contribution >= 0.6 is 11.3 Å². The van der Waals surface area contributed by atoms with Gasteiger partial charge >= 0.3 is 0 Å². The minimum Gasteiger partial charge on any atom is -0.479 e. The minimum atomic E-state index is 0.105. The van der Waals surface area contributed by atoms with Crippen molar-refractivity contribution >= 4 is 17.2 Å². The maximum Gasteiger partial charge on any atom is 0.174 e. The molecule has 3 nitrogen and oxygen atoms in total. The molecule has 0 aliphatic heterocycles. The first-order chi connectivity index (χ1) is 8.16. The number of aryl methyl sites for hydroxylation is 1. The van der Waals surface area contributed by atoms with E-state index in [2.05, 4.69) is 0 Å². The fourth-order valence-electron chi connectivity index (χ4n) is 1.62. The van der Waals surface area contributed by atoms with E-state index in [0.717, 1.165) is 21.8 Å². The fourth-order valence-corrected chi connectivity index (χ4v) is 2.19. The zero-order chi connectivity index (χ0) is 12.3. The van der Waals surface area contributed by atoms with Crippen molar-refractivity contribution in [3.05, 3.63) is 52.4 Å². The van der Waals surface area contributed by atoms with Crippen LogP contribution in [-0.2, 0) is 6.61 Å². The summed E-state index contributed by atoms with van der Waals surface area (Å²) < 4.78 is 5.62. The van der Waals surface area contributed by atoms with Crippen LogP contribution in [0.25, 0.3) is 0 Å². The Kier molecular flexibility index (Phi) is 3.44. The summed E-state index contributed by atoms with van der Waals surface area (Å²) in [5.41, 5.74) is 8.34. The van der Waals surface area contributed by atoms with Crippen LogP contribution < -0.4 is 10.5 Å². The van der Waals surface area contributed by atoms with Crippen molar-refractivity contribution in [1.29, 1.82) is 5.41 Å². The minimum absolute atomic E-state index is 0.105. The summed E-state index contributed by atoms with van der Waals surface area (Å²) in [7, 11) is 0. The van der Waals surface area contributed by atoms with Gasteiger partial charge in [-0.3, -0.25) is 5.41 Å². The highest BCUT2D eigenvalue weighted by molar-refractivity contribution is 7.11. The van der Waals surface area contributed by atoms with Gasteiger partial charge in [0.25, 0.3) is 0 Å². The lowest BCUT2D eigenvalue weighted by Crippen LogP contribution is -2.13. The molecule has 0 spiro atoms. The Morgan fingerprint density at radius 1 is 1.41 bits per heavy atom. The predicted octanol–water partition coefficient (Wildman–Crippen LogP) is 2.92. The van der Waals surface area contributed by atoms with Crippen LogP contribution in [0.15, 0.2) is 35.7 Å². The Hall–Kier alpha value is -1.81. The molecule has 0 aliphatic carbocycles. The van der Waals surface area contributed by atoms with E-state index in [0.29, 0.717) is 6.61 Å². The van der Waals surface area contributed by atoms with Gasteiger partial charge in [0.05, 0.1) is 0 Å². The summed E-state index contributed by atoms with van der Waals surface area (Å²) >= 11 is 1.58. The number of hydrogen-bond donors (Lipinski definition) is 2. The maximum atomic E-state index is 7.41. The van der Waals surface area contributed by atoms with Gasteiger partial charge in [-0.2, -0.15) is 0 Å². The molecular weight excluding hydrogens is 232 g/mol. The van der Waals surface area contributed by atoms with Gasteiger partial charge in [0.2, 0.25) is 0 Å². The molecule has 0 radical (unpaired) electrons. The summed E-state index contributed by atoms with van der Waals surface area (Å²) in [6, 6.07) is 9.72. The molecule has 0 bridgehead atoms. The maximum absolute atomic E-state index is 7.41. The number of hydrogen-bond acceptors (Lipinski definition) is 3. The van der Waals surface area contributed by atoms with Crippen LogP contribution in [-0.4, -0.2) is 5.84 Å². The molecule has 3 N–H and O–H groups in total. The highest BCUT2D eigenvalue weighted by atomic mass is 32.1. The first-order valence-electron chi connectivity index (χ1n) is 5.27. The molecule has 0 unspecified atom stereocenters. The third-order valence-electron chi connectivity index (χ3n) is 2.46. The van der Waals surface area contributed by atoms with Crippen molar-refractivity contribution in [2.24, 2.45) is 5.73 Å². The van der Waals surface area contributed by atoms with Gasteiger partial charge in [-0.15, -0.1) is 11.3 Å². The van der Waals surface area contributed by atoms with Crippen LogP contribution in [0, 0.1) is 12.3 Å². The molecule has 2 rings (SSSR count). The monoisotopic (exact) mass is 246 g/mol. The number of rotatable bonds is 4. The van der Waals surface area contributed by atoms with Crippen LogP contribution in [0.2, 0.25) is 0 Å². The van der Waals surface area contributed by atoms with E-state index in [1.54, 1.807) is 11.3 Å². The van der Waals surface area contributed by atoms with E-state index in [4.69, 9.17) is 15.9 Å². The van der Waals surface area contributed by atoms with Gasteiger partial charge in [0.15, 0.2) is 5.06 Å². The van der Waals surface area contributed by atoms with Crippen LogP contribution in [0.4, 0.5) is 0 Å². The van der Waals surface area contributed by atoms with Crippen molar-refractivity contribution in [2.75, 3.05) is 0 Å². The number of nitrogen functional groups attached to an aromatic ring is 1. The summed E-state index contributed by atoms with van der Waals surface area (Å²) in [6.45, 7) is 2.49. The van der Waals surface area contributed by atoms with Crippen molar-refractivity contribution in [3.8, 4) is 5.06 Å². The molecule has 0 atom stereocenters. The Balaban J connectivity index is 2.07. The third-order valence-corrected chi connectivity index (χ3v) is 3.24. The normalized spacial score (nSPS) is 10.2. The number of ether oxygens (including phenoxy) is 1. The van der Waals surface area contributed by atoms with Gasteiger partial charge in [-0.25, -0.2) is 0 Å². The smallest absolute Gasteiger partial charge is 0.174 e. The fraction of sp³-hybridized carbons (Fsp3) is 0.154. The van der Waals surface area contributed by atoms with Crippen molar-refractivity contribution in [2.45, 2.75) is 13.5 Å². The zero-order valence-electron chi connectivity index (χ0n) is 9.57. The van der Waals surface area contributed by atoms with Crippen molar-refractivity contribution < 1.29 is 4.74 Å². The second-order valence-corrected chi connectivity index (χ2v) is 4.69. The zero-order valence-corrected chi connectivity index (χ0v) is 10.4. The van der Waals surface area contributed by atoms with Gasteiger partial charge < -0.3 is 10.5 Å². The molecule has 1 aromatic heterocycles. The molecule has 0 fully saturated rings. The molecular formula is C13H14N2OS. The molecule has 1 aromatic carbocycles. The first kappa shape index (κ1) is 11.7. The average molecular weight is 246 g/mol. The Labute approximate surface area is 104 Å². The Bertz CT molecular complexity index is 520. The number of amidine groups is 1. The number of benzene rings is 1. The van der Waals surface area contributed by atoms with E-state index in [1.165, 1.54) is 0 Å². The summed E-state index contributed by atoms with van der Waals surface area (Å²) in [5, 5.41) is 10.3. The molecule has 0 saturated heterocycles. The van der Waals surface area contributed by atoms with E-state index in [1.807, 2.05) is 42.6 Å². The van der Waals surface area contributed by atoms with E-state index in [9.17, 15) is 0 Å². The molecule has 0 saturated carbocycles. The molecule has 1 heterocycles. The SMILES string of the molecule is Cc1cc(COc2cccs2)ccc1C(=N)N. The lowest BCUT2D eigenvalue weighted by atomic mass is 10.0. The lowest BCUT2D eigenvalue weighted by molar-refractivity contribution is 0.315. The number of thiophene rings is 1. The number of nitrogens with two attached hydrogens (primary N) is 1. The number of nitrogens with one attached hydrogen (secondary N) is 1. The summed E-state index contributed by atoms with van der Waals surface area (Å²) in [5.74, 6) is 0.105. The summed E-state index contributed by atoms with van der Waals surface area (Å²) in [6.07, 6.45) is 0. The van der Waals surface area contributed by atoms with Crippen LogP contribution in [0.3, 0.4) is 0 Å². The molecule has 2 aromatic rings. The second kappa shape index (κ2) is 5.01. The van der Waals surface area contributed by atoms with Crippen LogP contribution in [0.5, 0.6) is 5.06 Å². The van der Waals surface area contributed by atoms with Gasteiger partial charge in [0.1, 0.15) is 12.4 Å². The molecule has 88 valence electrons. The molecule has 0 amide bonds.